The van der Waals surface area contributed by atoms with Crippen LogP contribution in [-0.2, 0) is 14.3 Å². The fraction of sp³-hybridized carbons (Fsp3) is 0.385. The van der Waals surface area contributed by atoms with E-state index >= 15 is 0 Å². The van der Waals surface area contributed by atoms with Gasteiger partial charge < -0.3 is 24.2 Å². The summed E-state index contributed by atoms with van der Waals surface area (Å²) >= 11 is 6.09. The summed E-state index contributed by atoms with van der Waals surface area (Å²) in [4.78, 5) is 30.2. The smallest absolute Gasteiger partial charge is 0.295 e. The molecule has 35 heavy (non-hydrogen) atoms. The number of methoxy groups -OCH3 is 2. The Balaban J connectivity index is 1.69. The van der Waals surface area contributed by atoms with Crippen LogP contribution in [0.1, 0.15) is 23.6 Å². The molecule has 2 aliphatic heterocycles. The van der Waals surface area contributed by atoms with Crippen LogP contribution in [0.5, 0.6) is 11.5 Å². The zero-order valence-electron chi connectivity index (χ0n) is 19.8. The summed E-state index contributed by atoms with van der Waals surface area (Å²) in [5, 5.41) is 11.8. The third-order valence-corrected chi connectivity index (χ3v) is 6.61. The largest absolute Gasteiger partial charge is 0.507 e. The Hall–Kier alpha value is -3.07. The molecule has 186 valence electrons. The van der Waals surface area contributed by atoms with Crippen molar-refractivity contribution < 1.29 is 28.9 Å². The molecule has 4 rings (SSSR count). The maximum absolute atomic E-state index is 13.2. The van der Waals surface area contributed by atoms with Crippen molar-refractivity contribution in [1.82, 2.24) is 9.80 Å². The van der Waals surface area contributed by atoms with E-state index in [0.717, 1.165) is 19.6 Å². The van der Waals surface area contributed by atoms with Crippen LogP contribution in [0.15, 0.2) is 48.0 Å². The highest BCUT2D eigenvalue weighted by Gasteiger charge is 2.45. The maximum Gasteiger partial charge on any atom is 0.295 e. The molecule has 2 heterocycles. The molecule has 1 atom stereocenters. The Labute approximate surface area is 209 Å². The van der Waals surface area contributed by atoms with Gasteiger partial charge in [-0.15, -0.1) is 0 Å². The van der Waals surface area contributed by atoms with E-state index in [1.165, 1.54) is 14.2 Å². The molecule has 2 aliphatic rings. The number of benzene rings is 2. The molecule has 1 N–H and O–H groups in total. The van der Waals surface area contributed by atoms with Crippen molar-refractivity contribution in [2.45, 2.75) is 12.5 Å². The van der Waals surface area contributed by atoms with Crippen molar-refractivity contribution in [3.05, 3.63) is 64.2 Å². The van der Waals surface area contributed by atoms with E-state index in [0.29, 0.717) is 53.8 Å². The molecule has 0 radical (unpaired) electrons. The highest BCUT2D eigenvalue weighted by Crippen LogP contribution is 2.41. The van der Waals surface area contributed by atoms with Crippen LogP contribution < -0.4 is 9.47 Å². The molecule has 0 unspecified atom stereocenters. The van der Waals surface area contributed by atoms with Gasteiger partial charge in [0.15, 0.2) is 11.5 Å². The van der Waals surface area contributed by atoms with Crippen LogP contribution in [0, 0.1) is 0 Å². The van der Waals surface area contributed by atoms with E-state index in [1.54, 1.807) is 47.4 Å². The first-order valence-electron chi connectivity index (χ1n) is 11.5. The third-order valence-electron chi connectivity index (χ3n) is 6.36. The van der Waals surface area contributed by atoms with E-state index in [2.05, 4.69) is 4.90 Å². The van der Waals surface area contributed by atoms with E-state index in [-0.39, 0.29) is 11.3 Å². The predicted octanol–water partition coefficient (Wildman–Crippen LogP) is 3.50. The molecule has 0 bridgehead atoms. The van der Waals surface area contributed by atoms with E-state index in [1.807, 2.05) is 0 Å². The number of carbonyl (C=O) groups is 2. The van der Waals surface area contributed by atoms with E-state index < -0.39 is 17.7 Å². The van der Waals surface area contributed by atoms with Gasteiger partial charge in [0, 0.05) is 36.8 Å². The number of halogens is 1. The van der Waals surface area contributed by atoms with Gasteiger partial charge >= 0.3 is 0 Å². The van der Waals surface area contributed by atoms with Crippen molar-refractivity contribution in [1.29, 1.82) is 0 Å². The summed E-state index contributed by atoms with van der Waals surface area (Å²) in [6.45, 7) is 4.24. The first kappa shape index (κ1) is 25.0. The second-order valence-corrected chi connectivity index (χ2v) is 8.86. The fourth-order valence-corrected chi connectivity index (χ4v) is 4.66. The molecular weight excluding hydrogens is 472 g/mol. The van der Waals surface area contributed by atoms with Gasteiger partial charge in [0.05, 0.1) is 39.0 Å². The minimum absolute atomic E-state index is 0.0379. The molecule has 0 aromatic heterocycles. The summed E-state index contributed by atoms with van der Waals surface area (Å²) < 4.78 is 16.0. The molecule has 0 saturated carbocycles. The van der Waals surface area contributed by atoms with Crippen LogP contribution in [0.2, 0.25) is 5.02 Å². The SMILES string of the molecule is COc1ccc(/C(O)=C2\C(=O)C(=O)N(CCCN3CCOCC3)[C@@H]2c2ccc(Cl)cc2)cc1OC. The molecule has 9 heteroatoms. The van der Waals surface area contributed by atoms with Gasteiger partial charge in [0.25, 0.3) is 11.7 Å². The Morgan fingerprint density at radius 2 is 1.71 bits per heavy atom. The second kappa shape index (κ2) is 11.1. The summed E-state index contributed by atoms with van der Waals surface area (Å²) in [6, 6.07) is 11.1. The molecule has 8 nitrogen and oxygen atoms in total. The monoisotopic (exact) mass is 500 g/mol. The number of hydrogen-bond donors (Lipinski definition) is 1. The van der Waals surface area contributed by atoms with Gasteiger partial charge in [-0.2, -0.15) is 0 Å². The molecular formula is C26H29ClN2O6. The molecule has 2 saturated heterocycles. The van der Waals surface area contributed by atoms with Crippen LogP contribution in [0.3, 0.4) is 0 Å². The molecule has 2 fully saturated rings. The number of ether oxygens (including phenoxy) is 3. The van der Waals surface area contributed by atoms with Crippen LogP contribution >= 0.6 is 11.6 Å². The highest BCUT2D eigenvalue weighted by atomic mass is 35.5. The average Bonchev–Trinajstić information content (AvgIpc) is 3.14. The number of Topliss-reactive ketones (excluding diaryl/α,β-unsaturated/α-hetero) is 1. The molecule has 0 aliphatic carbocycles. The lowest BCUT2D eigenvalue weighted by atomic mass is 9.95. The fourth-order valence-electron chi connectivity index (χ4n) is 4.53. The maximum atomic E-state index is 13.2. The number of rotatable bonds is 8. The third kappa shape index (κ3) is 5.29. The minimum Gasteiger partial charge on any atom is -0.507 e. The number of carbonyl (C=O) groups excluding carboxylic acids is 2. The summed E-state index contributed by atoms with van der Waals surface area (Å²) in [7, 11) is 3.00. The number of amides is 1. The van der Waals surface area contributed by atoms with Gasteiger partial charge in [0.1, 0.15) is 5.76 Å². The zero-order chi connectivity index (χ0) is 24.9. The molecule has 2 aromatic rings. The molecule has 0 spiro atoms. The van der Waals surface area contributed by atoms with Crippen molar-refractivity contribution in [2.24, 2.45) is 0 Å². The van der Waals surface area contributed by atoms with Crippen LogP contribution in [-0.4, -0.2) is 80.2 Å². The van der Waals surface area contributed by atoms with E-state index in [4.69, 9.17) is 25.8 Å². The summed E-state index contributed by atoms with van der Waals surface area (Å²) in [5.41, 5.74) is 1.09. The lowest BCUT2D eigenvalue weighted by Gasteiger charge is -2.29. The Bertz CT molecular complexity index is 1110. The van der Waals surface area contributed by atoms with Crippen LogP contribution in [0.4, 0.5) is 0 Å². The topological polar surface area (TPSA) is 88.5 Å². The Morgan fingerprint density at radius 1 is 1.03 bits per heavy atom. The predicted molar refractivity (Wildman–Crippen MR) is 132 cm³/mol. The van der Waals surface area contributed by atoms with Gasteiger partial charge in [-0.05, 0) is 42.3 Å². The first-order valence-corrected chi connectivity index (χ1v) is 11.9. The van der Waals surface area contributed by atoms with Gasteiger partial charge in [-0.3, -0.25) is 14.5 Å². The minimum atomic E-state index is -0.731. The van der Waals surface area contributed by atoms with Crippen molar-refractivity contribution >= 4 is 29.1 Å². The summed E-state index contributed by atoms with van der Waals surface area (Å²) in [5.74, 6) is -0.723. The lowest BCUT2D eigenvalue weighted by molar-refractivity contribution is -0.140. The number of likely N-dealkylation sites (tertiary alicyclic amines) is 1. The lowest BCUT2D eigenvalue weighted by Crippen LogP contribution is -2.38. The standard InChI is InChI=1S/C26H29ClN2O6/c1-33-20-9-6-18(16-21(20)34-2)24(30)22-23(17-4-7-19(27)8-5-17)29(26(32)25(22)31)11-3-10-28-12-14-35-15-13-28/h4-9,16,23,30H,3,10-15H2,1-2H3/b24-22+/t23-/m1/s1. The number of nitrogens with zero attached hydrogens (tertiary/aromatic N) is 2. The normalized spacial score (nSPS) is 20.3. The quantitative estimate of drug-likeness (QED) is 0.337. The summed E-state index contributed by atoms with van der Waals surface area (Å²) in [6.07, 6.45) is 0.688. The van der Waals surface area contributed by atoms with Crippen LogP contribution in [0.25, 0.3) is 5.76 Å². The number of hydrogen-bond acceptors (Lipinski definition) is 7. The Kier molecular flexibility index (Phi) is 7.95. The average molecular weight is 501 g/mol. The number of aliphatic hydroxyl groups is 1. The van der Waals surface area contributed by atoms with Gasteiger partial charge in [-0.1, -0.05) is 23.7 Å². The first-order chi connectivity index (χ1) is 16.9. The van der Waals surface area contributed by atoms with Gasteiger partial charge in [-0.25, -0.2) is 0 Å². The Morgan fingerprint density at radius 3 is 2.37 bits per heavy atom. The van der Waals surface area contributed by atoms with Crippen molar-refractivity contribution in [2.75, 3.05) is 53.6 Å². The zero-order valence-corrected chi connectivity index (χ0v) is 20.6. The van der Waals surface area contributed by atoms with Crippen molar-refractivity contribution in [3.8, 4) is 11.5 Å². The van der Waals surface area contributed by atoms with Gasteiger partial charge in [0.2, 0.25) is 0 Å². The van der Waals surface area contributed by atoms with E-state index in [9.17, 15) is 14.7 Å². The number of aliphatic hydroxyl groups excluding tert-OH is 1. The second-order valence-electron chi connectivity index (χ2n) is 8.42. The molecule has 1 amide bonds. The number of morpholine rings is 1. The molecule has 2 aromatic carbocycles. The highest BCUT2D eigenvalue weighted by molar-refractivity contribution is 6.46. The number of ketones is 1. The van der Waals surface area contributed by atoms with Crippen molar-refractivity contribution in [3.63, 3.8) is 0 Å².